The minimum Gasteiger partial charge on any atom is -0.352 e. The number of para-hydroxylation sites is 1. The molecule has 3 atom stereocenters. The SMILES string of the molecule is CC(C)CCn1c(=O)c2ccccc2n2c(SC(C)C(=O)NC3CCCCC3C)nnc12. The number of carbonyl (C=O) groups is 1. The van der Waals surface area contributed by atoms with E-state index in [-0.39, 0.29) is 22.8 Å². The molecule has 3 aromatic rings. The van der Waals surface area contributed by atoms with Crippen LogP contribution in [-0.2, 0) is 11.3 Å². The van der Waals surface area contributed by atoms with Crippen LogP contribution in [0.3, 0.4) is 0 Å². The van der Waals surface area contributed by atoms with Crippen LogP contribution in [0.2, 0.25) is 0 Å². The first-order valence-corrected chi connectivity index (χ1v) is 12.6. The van der Waals surface area contributed by atoms with Crippen LogP contribution in [0.5, 0.6) is 0 Å². The van der Waals surface area contributed by atoms with Crippen molar-refractivity contribution in [2.75, 3.05) is 0 Å². The summed E-state index contributed by atoms with van der Waals surface area (Å²) in [6.45, 7) is 9.00. The molecule has 1 aliphatic rings. The standard InChI is InChI=1S/C24H33N5O2S/c1-15(2)13-14-28-22(31)18-10-6-8-12-20(18)29-23(28)26-27-24(29)32-17(4)21(30)25-19-11-7-5-9-16(19)3/h6,8,10,12,15-17,19H,5,7,9,11,13-14H2,1-4H3,(H,25,30). The third kappa shape index (κ3) is 4.56. The number of nitrogens with one attached hydrogen (secondary N) is 1. The molecule has 2 aromatic heterocycles. The zero-order valence-electron chi connectivity index (χ0n) is 19.4. The minimum absolute atomic E-state index is 0.0305. The van der Waals surface area contributed by atoms with Crippen LogP contribution < -0.4 is 10.9 Å². The Balaban J connectivity index is 1.66. The predicted octanol–water partition coefficient (Wildman–Crippen LogP) is 4.27. The van der Waals surface area contributed by atoms with Gasteiger partial charge in [0.15, 0.2) is 5.16 Å². The molecule has 172 valence electrons. The molecular weight excluding hydrogens is 422 g/mol. The molecule has 1 saturated carbocycles. The molecule has 1 amide bonds. The molecule has 0 spiro atoms. The molecular formula is C24H33N5O2S. The summed E-state index contributed by atoms with van der Waals surface area (Å²) in [6, 6.07) is 7.79. The van der Waals surface area contributed by atoms with Gasteiger partial charge in [0.2, 0.25) is 11.7 Å². The van der Waals surface area contributed by atoms with Crippen molar-refractivity contribution in [3.05, 3.63) is 34.6 Å². The summed E-state index contributed by atoms with van der Waals surface area (Å²) in [4.78, 5) is 26.1. The fourth-order valence-electron chi connectivity index (χ4n) is 4.44. The summed E-state index contributed by atoms with van der Waals surface area (Å²) in [5.41, 5.74) is 0.726. The van der Waals surface area contributed by atoms with E-state index in [4.69, 9.17) is 0 Å². The highest BCUT2D eigenvalue weighted by Crippen LogP contribution is 2.27. The van der Waals surface area contributed by atoms with E-state index in [0.717, 1.165) is 18.4 Å². The number of rotatable bonds is 7. The molecule has 3 unspecified atom stereocenters. The number of amides is 1. The van der Waals surface area contributed by atoms with Crippen LogP contribution in [0.25, 0.3) is 16.7 Å². The molecule has 1 fully saturated rings. The number of aryl methyl sites for hydroxylation is 1. The summed E-state index contributed by atoms with van der Waals surface area (Å²) in [5, 5.41) is 13.0. The van der Waals surface area contributed by atoms with Gasteiger partial charge < -0.3 is 5.32 Å². The number of thioether (sulfide) groups is 1. The van der Waals surface area contributed by atoms with Gasteiger partial charge in [-0.25, -0.2) is 0 Å². The van der Waals surface area contributed by atoms with Gasteiger partial charge >= 0.3 is 0 Å². The lowest BCUT2D eigenvalue weighted by Gasteiger charge is -2.30. The average Bonchev–Trinajstić information content (AvgIpc) is 3.18. The molecule has 8 heteroatoms. The Bertz CT molecular complexity index is 1170. The van der Waals surface area contributed by atoms with Gasteiger partial charge in [0.1, 0.15) is 0 Å². The Morgan fingerprint density at radius 2 is 1.94 bits per heavy atom. The lowest BCUT2D eigenvalue weighted by atomic mass is 9.86. The summed E-state index contributed by atoms with van der Waals surface area (Å²) in [5.74, 6) is 1.54. The Labute approximate surface area is 193 Å². The van der Waals surface area contributed by atoms with E-state index in [2.05, 4.69) is 36.3 Å². The van der Waals surface area contributed by atoms with Crippen molar-refractivity contribution in [3.8, 4) is 0 Å². The second kappa shape index (κ2) is 9.65. The fourth-order valence-corrected chi connectivity index (χ4v) is 5.31. The molecule has 1 N–H and O–H groups in total. The number of carbonyl (C=O) groups excluding carboxylic acids is 1. The normalized spacial score (nSPS) is 20.2. The maximum atomic E-state index is 13.2. The van der Waals surface area contributed by atoms with Crippen LogP contribution in [0.1, 0.15) is 59.8 Å². The summed E-state index contributed by atoms with van der Waals surface area (Å²) in [6.07, 6.45) is 5.51. The van der Waals surface area contributed by atoms with Gasteiger partial charge in [-0.05, 0) is 50.2 Å². The van der Waals surface area contributed by atoms with Crippen LogP contribution in [0.15, 0.2) is 34.2 Å². The Morgan fingerprint density at radius 1 is 1.19 bits per heavy atom. The molecule has 0 saturated heterocycles. The number of hydrogen-bond acceptors (Lipinski definition) is 5. The number of fused-ring (bicyclic) bond motifs is 3. The minimum atomic E-state index is -0.314. The second-order valence-corrected chi connectivity index (χ2v) is 10.7. The van der Waals surface area contributed by atoms with E-state index in [0.29, 0.717) is 34.7 Å². The largest absolute Gasteiger partial charge is 0.352 e. The summed E-state index contributed by atoms with van der Waals surface area (Å²) < 4.78 is 3.64. The third-order valence-electron chi connectivity index (χ3n) is 6.50. The molecule has 0 aliphatic heterocycles. The maximum Gasteiger partial charge on any atom is 0.262 e. The zero-order valence-corrected chi connectivity index (χ0v) is 20.2. The van der Waals surface area contributed by atoms with Gasteiger partial charge in [-0.3, -0.25) is 18.6 Å². The molecule has 1 aromatic carbocycles. The van der Waals surface area contributed by atoms with Gasteiger partial charge in [-0.2, -0.15) is 0 Å². The average molecular weight is 456 g/mol. The molecule has 7 nitrogen and oxygen atoms in total. The van der Waals surface area contributed by atoms with Crippen LogP contribution in [0.4, 0.5) is 0 Å². The van der Waals surface area contributed by atoms with E-state index >= 15 is 0 Å². The van der Waals surface area contributed by atoms with Gasteiger partial charge in [-0.15, -0.1) is 10.2 Å². The highest BCUT2D eigenvalue weighted by Gasteiger charge is 2.26. The number of aromatic nitrogens is 4. The van der Waals surface area contributed by atoms with Gasteiger partial charge in [-0.1, -0.05) is 57.5 Å². The monoisotopic (exact) mass is 455 g/mol. The van der Waals surface area contributed by atoms with Crippen molar-refractivity contribution in [2.24, 2.45) is 11.8 Å². The topological polar surface area (TPSA) is 81.3 Å². The van der Waals surface area contributed by atoms with E-state index in [1.165, 1.54) is 31.0 Å². The first kappa shape index (κ1) is 22.8. The lowest BCUT2D eigenvalue weighted by Crippen LogP contribution is -2.44. The Morgan fingerprint density at radius 3 is 2.69 bits per heavy atom. The quantitative estimate of drug-likeness (QED) is 0.538. The van der Waals surface area contributed by atoms with Crippen LogP contribution >= 0.6 is 11.8 Å². The first-order chi connectivity index (χ1) is 15.4. The molecule has 32 heavy (non-hydrogen) atoms. The first-order valence-electron chi connectivity index (χ1n) is 11.7. The number of hydrogen-bond donors (Lipinski definition) is 1. The van der Waals surface area contributed by atoms with Crippen LogP contribution in [-0.4, -0.2) is 36.4 Å². The van der Waals surface area contributed by atoms with Crippen molar-refractivity contribution in [2.45, 2.75) is 82.8 Å². The Kier molecular flexibility index (Phi) is 6.88. The van der Waals surface area contributed by atoms with Crippen LogP contribution in [0, 0.1) is 11.8 Å². The summed E-state index contributed by atoms with van der Waals surface area (Å²) >= 11 is 1.39. The molecule has 0 radical (unpaired) electrons. The molecule has 4 rings (SSSR count). The van der Waals surface area contributed by atoms with E-state index < -0.39 is 0 Å². The van der Waals surface area contributed by atoms with Crippen molar-refractivity contribution >= 4 is 34.3 Å². The van der Waals surface area contributed by atoms with Gasteiger partial charge in [0.05, 0.1) is 16.2 Å². The second-order valence-electron chi connectivity index (χ2n) is 9.41. The van der Waals surface area contributed by atoms with Gasteiger partial charge in [0, 0.05) is 12.6 Å². The fraction of sp³-hybridized carbons (Fsp3) is 0.583. The highest BCUT2D eigenvalue weighted by molar-refractivity contribution is 8.00. The molecule has 1 aliphatic carbocycles. The lowest BCUT2D eigenvalue weighted by molar-refractivity contribution is -0.121. The van der Waals surface area contributed by atoms with Crippen molar-refractivity contribution < 1.29 is 4.79 Å². The van der Waals surface area contributed by atoms with Crippen molar-refractivity contribution in [3.63, 3.8) is 0 Å². The van der Waals surface area contributed by atoms with Crippen molar-refractivity contribution in [1.82, 2.24) is 24.5 Å². The predicted molar refractivity (Wildman–Crippen MR) is 129 cm³/mol. The van der Waals surface area contributed by atoms with E-state index in [1.54, 1.807) is 4.57 Å². The summed E-state index contributed by atoms with van der Waals surface area (Å²) in [7, 11) is 0. The molecule has 2 heterocycles. The highest BCUT2D eigenvalue weighted by atomic mass is 32.2. The Hall–Kier alpha value is -2.35. The zero-order chi connectivity index (χ0) is 22.8. The maximum absolute atomic E-state index is 13.2. The van der Waals surface area contributed by atoms with Gasteiger partial charge in [0.25, 0.3) is 5.56 Å². The molecule has 0 bridgehead atoms. The smallest absolute Gasteiger partial charge is 0.262 e. The van der Waals surface area contributed by atoms with Crippen molar-refractivity contribution in [1.29, 1.82) is 0 Å². The van der Waals surface area contributed by atoms with E-state index in [9.17, 15) is 9.59 Å². The third-order valence-corrected chi connectivity index (χ3v) is 7.54. The number of nitrogens with zero attached hydrogens (tertiary/aromatic N) is 4. The van der Waals surface area contributed by atoms with E-state index in [1.807, 2.05) is 35.6 Å². The number of benzene rings is 1.